The summed E-state index contributed by atoms with van der Waals surface area (Å²) in [6.07, 6.45) is 0. The lowest BCUT2D eigenvalue weighted by Gasteiger charge is -2.10. The van der Waals surface area contributed by atoms with Gasteiger partial charge < -0.3 is 22.5 Å². The van der Waals surface area contributed by atoms with Crippen LogP contribution in [0.15, 0.2) is 245 Å². The average Bonchev–Trinajstić information content (AvgIpc) is 4.24. The molecule has 0 atom stereocenters. The standard InChI is InChI=1S/C66H39N3O2/c1-2-14-44(15-3-1)67-57-33-29-40(41-30-34-58-52(36-41)45-16-4-8-22-55(45)68(58)60-24-12-20-50-48-18-6-10-26-63(48)70-65(50)60)37-54(57)47-32-28-43(39-62(47)67)42-31-35-59-53(38-42)46-17-5-9-23-56(46)69(59)61-25-13-21-51-49-19-7-11-27-64(49)71-66(51)61/h1-39H. The van der Waals surface area contributed by atoms with Crippen molar-refractivity contribution in [2.45, 2.75) is 0 Å². The second kappa shape index (κ2) is 14.5. The number of aromatic nitrogens is 3. The third-order valence-electron chi connectivity index (χ3n) is 15.0. The summed E-state index contributed by atoms with van der Waals surface area (Å²) in [6.45, 7) is 0. The molecule has 0 aliphatic carbocycles. The summed E-state index contributed by atoms with van der Waals surface area (Å²) in [4.78, 5) is 0. The Balaban J connectivity index is 0.849. The van der Waals surface area contributed by atoms with Gasteiger partial charge in [0.25, 0.3) is 0 Å². The van der Waals surface area contributed by atoms with Crippen molar-refractivity contribution in [3.63, 3.8) is 0 Å². The number of furan rings is 2. The fraction of sp³-hybridized carbons (Fsp3) is 0. The molecule has 5 aromatic heterocycles. The van der Waals surface area contributed by atoms with Gasteiger partial charge in [-0.25, -0.2) is 0 Å². The van der Waals surface area contributed by atoms with E-state index in [0.29, 0.717) is 0 Å². The van der Waals surface area contributed by atoms with Gasteiger partial charge in [-0.3, -0.25) is 0 Å². The van der Waals surface area contributed by atoms with Gasteiger partial charge in [-0.05, 0) is 113 Å². The zero-order valence-electron chi connectivity index (χ0n) is 38.2. The molecule has 0 amide bonds. The maximum absolute atomic E-state index is 6.59. The van der Waals surface area contributed by atoms with Gasteiger partial charge in [-0.15, -0.1) is 0 Å². The Bertz CT molecular complexity index is 4880. The average molecular weight is 906 g/mol. The normalized spacial score (nSPS) is 12.2. The minimum absolute atomic E-state index is 0.893. The Morgan fingerprint density at radius 2 is 0.606 bits per heavy atom. The predicted molar refractivity (Wildman–Crippen MR) is 295 cm³/mol. The van der Waals surface area contributed by atoms with Crippen LogP contribution >= 0.6 is 0 Å². The van der Waals surface area contributed by atoms with Crippen LogP contribution in [0.3, 0.4) is 0 Å². The highest BCUT2D eigenvalue weighted by Crippen LogP contribution is 2.43. The first-order valence-corrected chi connectivity index (χ1v) is 24.2. The van der Waals surface area contributed by atoms with Gasteiger partial charge in [0, 0.05) is 59.5 Å². The highest BCUT2D eigenvalue weighted by atomic mass is 16.3. The van der Waals surface area contributed by atoms with Crippen molar-refractivity contribution < 1.29 is 8.83 Å². The van der Waals surface area contributed by atoms with E-state index in [1.54, 1.807) is 0 Å². The van der Waals surface area contributed by atoms with Crippen LogP contribution in [0.25, 0.3) is 149 Å². The van der Waals surface area contributed by atoms with Crippen LogP contribution in [0.5, 0.6) is 0 Å². The lowest BCUT2D eigenvalue weighted by Crippen LogP contribution is -1.94. The molecule has 0 radical (unpaired) electrons. The number of hydrogen-bond acceptors (Lipinski definition) is 2. The first-order chi connectivity index (χ1) is 35.2. The van der Waals surface area contributed by atoms with Gasteiger partial charge in [0.15, 0.2) is 11.2 Å². The fourth-order valence-corrected chi connectivity index (χ4v) is 11.9. The molecule has 0 aliphatic heterocycles. The highest BCUT2D eigenvalue weighted by molar-refractivity contribution is 6.17. The fourth-order valence-electron chi connectivity index (χ4n) is 11.9. The van der Waals surface area contributed by atoms with Crippen LogP contribution in [-0.2, 0) is 0 Å². The largest absolute Gasteiger partial charge is 0.454 e. The van der Waals surface area contributed by atoms with E-state index in [1.807, 2.05) is 12.1 Å². The minimum Gasteiger partial charge on any atom is -0.454 e. The van der Waals surface area contributed by atoms with E-state index in [1.165, 1.54) is 60.0 Å². The highest BCUT2D eigenvalue weighted by Gasteiger charge is 2.21. The number of fused-ring (bicyclic) bond motifs is 15. The second-order valence-electron chi connectivity index (χ2n) is 18.8. The lowest BCUT2D eigenvalue weighted by molar-refractivity contribution is 0.666. The number of benzene rings is 11. The molecule has 330 valence electrons. The number of nitrogens with zero attached hydrogens (tertiary/aromatic N) is 3. The van der Waals surface area contributed by atoms with E-state index in [0.717, 1.165) is 88.6 Å². The number of hydrogen-bond donors (Lipinski definition) is 0. The number of rotatable bonds is 5. The molecule has 0 saturated carbocycles. The summed E-state index contributed by atoms with van der Waals surface area (Å²) in [5.41, 5.74) is 18.4. The van der Waals surface area contributed by atoms with E-state index in [-0.39, 0.29) is 0 Å². The van der Waals surface area contributed by atoms with Crippen molar-refractivity contribution in [1.82, 2.24) is 13.7 Å². The van der Waals surface area contributed by atoms with E-state index < -0.39 is 0 Å². The van der Waals surface area contributed by atoms with Crippen molar-refractivity contribution >= 4 is 109 Å². The molecule has 11 aromatic carbocycles. The first kappa shape index (κ1) is 38.4. The Morgan fingerprint density at radius 3 is 1.13 bits per heavy atom. The molecular formula is C66H39N3O2. The van der Waals surface area contributed by atoms with Gasteiger partial charge in [-0.2, -0.15) is 0 Å². The van der Waals surface area contributed by atoms with Crippen LogP contribution in [0.1, 0.15) is 0 Å². The molecule has 0 unspecified atom stereocenters. The van der Waals surface area contributed by atoms with Crippen molar-refractivity contribution in [3.05, 3.63) is 237 Å². The van der Waals surface area contributed by atoms with Crippen LogP contribution in [-0.4, -0.2) is 13.7 Å². The molecule has 5 nitrogen and oxygen atoms in total. The molecule has 0 bridgehead atoms. The van der Waals surface area contributed by atoms with Gasteiger partial charge in [0.1, 0.15) is 11.2 Å². The smallest absolute Gasteiger partial charge is 0.159 e. The van der Waals surface area contributed by atoms with E-state index in [2.05, 4.69) is 238 Å². The SMILES string of the molecule is c1ccc(-n2c3ccc(-c4ccc5c(c4)c4ccccc4n5-c4cccc5c4oc4ccccc45)cc3c3ccc(-c4ccc5c(c4)c4ccccc4n5-c4cccc5c4oc4ccccc45)cc32)cc1. The minimum atomic E-state index is 0.893. The van der Waals surface area contributed by atoms with Crippen LogP contribution in [0.4, 0.5) is 0 Å². The second-order valence-corrected chi connectivity index (χ2v) is 18.8. The molecule has 0 spiro atoms. The topological polar surface area (TPSA) is 41.1 Å². The third kappa shape index (κ3) is 5.46. The molecule has 0 saturated heterocycles. The lowest BCUT2D eigenvalue weighted by atomic mass is 9.99. The van der Waals surface area contributed by atoms with Gasteiger partial charge in [0.2, 0.25) is 0 Å². The van der Waals surface area contributed by atoms with Gasteiger partial charge in [-0.1, -0.05) is 146 Å². The maximum atomic E-state index is 6.59. The van der Waals surface area contributed by atoms with Crippen molar-refractivity contribution in [2.24, 2.45) is 0 Å². The zero-order chi connectivity index (χ0) is 46.3. The van der Waals surface area contributed by atoms with E-state index in [4.69, 9.17) is 8.83 Å². The predicted octanol–water partition coefficient (Wildman–Crippen LogP) is 18.1. The van der Waals surface area contributed by atoms with Crippen molar-refractivity contribution in [1.29, 1.82) is 0 Å². The maximum Gasteiger partial charge on any atom is 0.159 e. The summed E-state index contributed by atoms with van der Waals surface area (Å²) in [5.74, 6) is 0. The Labute approximate surface area is 405 Å². The summed E-state index contributed by atoms with van der Waals surface area (Å²) in [5, 5.41) is 11.7. The van der Waals surface area contributed by atoms with Crippen LogP contribution in [0.2, 0.25) is 0 Å². The quantitative estimate of drug-likeness (QED) is 0.173. The monoisotopic (exact) mass is 905 g/mol. The molecular weight excluding hydrogens is 867 g/mol. The molecule has 0 fully saturated rings. The Hall–Kier alpha value is -9.58. The van der Waals surface area contributed by atoms with Crippen molar-refractivity contribution in [2.75, 3.05) is 0 Å². The molecule has 0 aliphatic rings. The molecule has 16 rings (SSSR count). The molecule has 5 heterocycles. The summed E-state index contributed by atoms with van der Waals surface area (Å²) >= 11 is 0. The van der Waals surface area contributed by atoms with Crippen LogP contribution in [0, 0.1) is 0 Å². The van der Waals surface area contributed by atoms with Gasteiger partial charge >= 0.3 is 0 Å². The molecule has 0 N–H and O–H groups in total. The zero-order valence-corrected chi connectivity index (χ0v) is 38.2. The Morgan fingerprint density at radius 1 is 0.225 bits per heavy atom. The summed E-state index contributed by atoms with van der Waals surface area (Å²) in [6, 6.07) is 85.6. The molecule has 5 heteroatoms. The van der Waals surface area contributed by atoms with Crippen LogP contribution < -0.4 is 0 Å². The third-order valence-corrected chi connectivity index (χ3v) is 15.0. The van der Waals surface area contributed by atoms with E-state index in [9.17, 15) is 0 Å². The van der Waals surface area contributed by atoms with E-state index >= 15 is 0 Å². The van der Waals surface area contributed by atoms with Crippen molar-refractivity contribution in [3.8, 4) is 39.3 Å². The molecule has 16 aromatic rings. The summed E-state index contributed by atoms with van der Waals surface area (Å²) < 4.78 is 20.3. The molecule has 71 heavy (non-hydrogen) atoms. The number of para-hydroxylation sites is 7. The summed E-state index contributed by atoms with van der Waals surface area (Å²) in [7, 11) is 0. The Kier molecular flexibility index (Phi) is 7.82. The first-order valence-electron chi connectivity index (χ1n) is 24.2. The van der Waals surface area contributed by atoms with Gasteiger partial charge in [0.05, 0.1) is 44.5 Å².